The van der Waals surface area contributed by atoms with Crippen LogP contribution in [0.3, 0.4) is 0 Å². The number of piperidine rings is 1. The number of rotatable bonds is 3. The van der Waals surface area contributed by atoms with E-state index in [1.807, 2.05) is 30.3 Å². The second-order valence-electron chi connectivity index (χ2n) is 8.76. The Morgan fingerprint density at radius 3 is 2.57 bits per heavy atom. The monoisotopic (exact) mass is 395 g/mol. The summed E-state index contributed by atoms with van der Waals surface area (Å²) in [5.41, 5.74) is 2.39. The number of likely N-dealkylation sites (N-methyl/N-ethyl adjacent to an activating group) is 1. The van der Waals surface area contributed by atoms with Gasteiger partial charge in [-0.25, -0.2) is 0 Å². The van der Waals surface area contributed by atoms with Crippen molar-refractivity contribution in [2.24, 2.45) is 0 Å². The van der Waals surface area contributed by atoms with Gasteiger partial charge in [-0.1, -0.05) is 78.0 Å². The number of hydrogen-bond acceptors (Lipinski definition) is 4. The fourth-order valence-electron chi connectivity index (χ4n) is 5.66. The Morgan fingerprint density at radius 2 is 1.70 bits per heavy atom. The van der Waals surface area contributed by atoms with Crippen molar-refractivity contribution in [1.82, 2.24) is 15.0 Å². The van der Waals surface area contributed by atoms with Crippen LogP contribution in [0.1, 0.15) is 42.6 Å². The highest BCUT2D eigenvalue weighted by Crippen LogP contribution is 2.50. The van der Waals surface area contributed by atoms with Gasteiger partial charge in [-0.05, 0) is 48.6 Å². The molecule has 6 rings (SSSR count). The fraction of sp³-hybridized carbons (Fsp3) is 0.308. The van der Waals surface area contributed by atoms with E-state index in [9.17, 15) is 0 Å². The molecule has 0 saturated carbocycles. The van der Waals surface area contributed by atoms with Crippen LogP contribution < -0.4 is 0 Å². The smallest absolute Gasteiger partial charge is 0.232 e. The summed E-state index contributed by atoms with van der Waals surface area (Å²) in [6, 6.07) is 26.7. The summed E-state index contributed by atoms with van der Waals surface area (Å²) in [5.74, 6) is 2.09. The third-order valence-corrected chi connectivity index (χ3v) is 7.23. The van der Waals surface area contributed by atoms with Crippen LogP contribution in [-0.4, -0.2) is 34.2 Å². The molecule has 1 aromatic heterocycles. The van der Waals surface area contributed by atoms with Crippen molar-refractivity contribution < 1.29 is 4.52 Å². The van der Waals surface area contributed by atoms with Crippen molar-refractivity contribution in [3.8, 4) is 11.4 Å². The molecule has 4 heteroatoms. The number of fused-ring (bicyclic) bond motifs is 3. The molecular formula is C26H25N3O. The first-order valence-electron chi connectivity index (χ1n) is 10.9. The topological polar surface area (TPSA) is 42.2 Å². The zero-order valence-electron chi connectivity index (χ0n) is 17.1. The lowest BCUT2D eigenvalue weighted by Crippen LogP contribution is -2.44. The molecule has 0 radical (unpaired) electrons. The van der Waals surface area contributed by atoms with E-state index in [2.05, 4.69) is 59.6 Å². The highest BCUT2D eigenvalue weighted by Gasteiger charge is 2.48. The van der Waals surface area contributed by atoms with Crippen LogP contribution in [0.15, 0.2) is 77.3 Å². The van der Waals surface area contributed by atoms with Gasteiger partial charge < -0.3 is 4.52 Å². The Labute approximate surface area is 176 Å². The van der Waals surface area contributed by atoms with Crippen molar-refractivity contribution >= 4 is 10.8 Å². The van der Waals surface area contributed by atoms with Gasteiger partial charge in [0.2, 0.25) is 11.7 Å². The summed E-state index contributed by atoms with van der Waals surface area (Å²) in [5, 5.41) is 6.93. The SMILES string of the molecule is CN1[C@H]2CC[C@@H]1[C@@H](c1nc(-c3ccccc3)no1)[C@@H](c1ccc3ccccc3c1)C2. The van der Waals surface area contributed by atoms with Crippen LogP contribution in [0.2, 0.25) is 0 Å². The highest BCUT2D eigenvalue weighted by atomic mass is 16.5. The van der Waals surface area contributed by atoms with Crippen molar-refractivity contribution in [1.29, 1.82) is 0 Å². The molecule has 4 nitrogen and oxygen atoms in total. The van der Waals surface area contributed by atoms with Gasteiger partial charge in [-0.3, -0.25) is 4.90 Å². The second-order valence-corrected chi connectivity index (χ2v) is 8.76. The predicted octanol–water partition coefficient (Wildman–Crippen LogP) is 5.62. The summed E-state index contributed by atoms with van der Waals surface area (Å²) in [6.07, 6.45) is 3.58. The first-order valence-corrected chi connectivity index (χ1v) is 10.9. The Bertz CT molecular complexity index is 1190. The summed E-state index contributed by atoms with van der Waals surface area (Å²) >= 11 is 0. The molecule has 4 atom stereocenters. The lowest BCUT2D eigenvalue weighted by Gasteiger charge is -2.41. The molecule has 150 valence electrons. The maximum atomic E-state index is 5.91. The molecule has 0 amide bonds. The van der Waals surface area contributed by atoms with Gasteiger partial charge in [-0.15, -0.1) is 0 Å². The largest absolute Gasteiger partial charge is 0.339 e. The molecule has 2 aliphatic rings. The molecule has 30 heavy (non-hydrogen) atoms. The van der Waals surface area contributed by atoms with Crippen molar-refractivity contribution in [3.05, 3.63) is 84.3 Å². The molecule has 2 fully saturated rings. The zero-order chi connectivity index (χ0) is 20.1. The van der Waals surface area contributed by atoms with Crippen LogP contribution in [0.5, 0.6) is 0 Å². The first-order chi connectivity index (χ1) is 14.8. The van der Waals surface area contributed by atoms with E-state index in [-0.39, 0.29) is 5.92 Å². The van der Waals surface area contributed by atoms with E-state index >= 15 is 0 Å². The lowest BCUT2D eigenvalue weighted by atomic mass is 9.75. The second kappa shape index (κ2) is 7.06. The maximum absolute atomic E-state index is 5.91. The minimum absolute atomic E-state index is 0.222. The van der Waals surface area contributed by atoms with E-state index in [0.717, 1.165) is 17.9 Å². The number of aromatic nitrogens is 2. The van der Waals surface area contributed by atoms with Crippen LogP contribution in [0.4, 0.5) is 0 Å². The molecule has 2 saturated heterocycles. The van der Waals surface area contributed by atoms with Gasteiger partial charge in [-0.2, -0.15) is 4.98 Å². The minimum atomic E-state index is 0.222. The third kappa shape index (κ3) is 2.86. The van der Waals surface area contributed by atoms with Gasteiger partial charge in [0, 0.05) is 17.6 Å². The molecule has 0 aliphatic carbocycles. The Hall–Kier alpha value is -2.98. The highest BCUT2D eigenvalue weighted by molar-refractivity contribution is 5.83. The Morgan fingerprint density at radius 1 is 0.900 bits per heavy atom. The Kier molecular flexibility index (Phi) is 4.20. The van der Waals surface area contributed by atoms with Gasteiger partial charge in [0.15, 0.2) is 0 Å². The Balaban J connectivity index is 1.43. The molecule has 3 aromatic carbocycles. The summed E-state index contributed by atoms with van der Waals surface area (Å²) in [6.45, 7) is 0. The van der Waals surface area contributed by atoms with Gasteiger partial charge >= 0.3 is 0 Å². The van der Waals surface area contributed by atoms with Crippen molar-refractivity contribution in [2.75, 3.05) is 7.05 Å². The third-order valence-electron chi connectivity index (χ3n) is 7.23. The molecule has 0 unspecified atom stereocenters. The maximum Gasteiger partial charge on any atom is 0.232 e. The quantitative estimate of drug-likeness (QED) is 0.451. The van der Waals surface area contributed by atoms with E-state index < -0.39 is 0 Å². The fourth-order valence-corrected chi connectivity index (χ4v) is 5.66. The average molecular weight is 396 g/mol. The van der Waals surface area contributed by atoms with Gasteiger partial charge in [0.05, 0.1) is 5.92 Å². The minimum Gasteiger partial charge on any atom is -0.339 e. The molecule has 2 aliphatic heterocycles. The predicted molar refractivity (Wildman–Crippen MR) is 118 cm³/mol. The zero-order valence-corrected chi connectivity index (χ0v) is 17.1. The molecule has 2 bridgehead atoms. The summed E-state index contributed by atoms with van der Waals surface area (Å²) in [4.78, 5) is 7.44. The molecule has 0 N–H and O–H groups in total. The molecule has 3 heterocycles. The number of benzene rings is 3. The number of hydrogen-bond donors (Lipinski definition) is 0. The van der Waals surface area contributed by atoms with Crippen LogP contribution in [0.25, 0.3) is 22.2 Å². The van der Waals surface area contributed by atoms with E-state index in [1.54, 1.807) is 0 Å². The van der Waals surface area contributed by atoms with E-state index in [4.69, 9.17) is 9.51 Å². The van der Waals surface area contributed by atoms with Crippen LogP contribution >= 0.6 is 0 Å². The molecular weight excluding hydrogens is 370 g/mol. The normalized spacial score (nSPS) is 26.3. The average Bonchev–Trinajstić information content (AvgIpc) is 3.36. The molecule has 4 aromatic rings. The van der Waals surface area contributed by atoms with Gasteiger partial charge in [0.1, 0.15) is 0 Å². The van der Waals surface area contributed by atoms with Crippen molar-refractivity contribution in [3.63, 3.8) is 0 Å². The summed E-state index contributed by atoms with van der Waals surface area (Å²) < 4.78 is 5.91. The van der Waals surface area contributed by atoms with E-state index in [0.29, 0.717) is 23.8 Å². The van der Waals surface area contributed by atoms with E-state index in [1.165, 1.54) is 29.2 Å². The van der Waals surface area contributed by atoms with Crippen LogP contribution in [0, 0.1) is 0 Å². The molecule has 0 spiro atoms. The van der Waals surface area contributed by atoms with Crippen molar-refractivity contribution in [2.45, 2.75) is 43.2 Å². The van der Waals surface area contributed by atoms with Crippen LogP contribution in [-0.2, 0) is 0 Å². The lowest BCUT2D eigenvalue weighted by molar-refractivity contribution is 0.120. The number of nitrogens with zero attached hydrogens (tertiary/aromatic N) is 3. The first kappa shape index (κ1) is 17.8. The standard InChI is InChI=1S/C26H25N3O/c1-29-21-13-14-23(29)24(26-27-25(28-30-26)18-8-3-2-4-9-18)22(16-21)20-12-11-17-7-5-6-10-19(17)15-20/h2-12,15,21-24H,13-14,16H2,1H3/t21-,22+,23+,24-/m0/s1. The van der Waals surface area contributed by atoms with Gasteiger partial charge in [0.25, 0.3) is 0 Å². The summed E-state index contributed by atoms with van der Waals surface area (Å²) in [7, 11) is 2.26.